The highest BCUT2D eigenvalue weighted by atomic mass is 32.2. The van der Waals surface area contributed by atoms with Crippen LogP contribution in [0.5, 0.6) is 11.6 Å². The standard InChI is InChI=1S/C43H59N3O9S/c1-8-28-20-27(3)12-10-11-13-30-24-43(30,40(50)45-56(51,52)42(7)17-18-42)25-36(47)35-22-32(26-46(35)39(49)34(28)23-37(48)55-41(4,5)6)54-38-33-15-14-31(53-9-2)21-29(33)16-19-44-38/h11,13-16,19,21,27-28,30,32,34-35H,8-10,12,17-18,20,22-26H2,1-7H3,(H,45,50)/b13-11-/t27-,28-,30-,32-,34+,35+,43-/m1/s1. The van der Waals surface area contributed by atoms with Crippen molar-refractivity contribution in [3.05, 3.63) is 42.6 Å². The molecule has 3 heterocycles. The summed E-state index contributed by atoms with van der Waals surface area (Å²) in [6.45, 7) is 13.7. The topological polar surface area (TPSA) is 158 Å². The fraction of sp³-hybridized carbons (Fsp3) is 0.651. The lowest BCUT2D eigenvalue weighted by Gasteiger charge is -2.33. The van der Waals surface area contributed by atoms with Gasteiger partial charge in [0.2, 0.25) is 27.7 Å². The number of carbonyl (C=O) groups excluding carboxylic acids is 4. The van der Waals surface area contributed by atoms with Crippen molar-refractivity contribution in [3.63, 3.8) is 0 Å². The van der Waals surface area contributed by atoms with E-state index in [-0.39, 0.29) is 55.3 Å². The number of allylic oxidation sites excluding steroid dienone is 2. The van der Waals surface area contributed by atoms with Crippen molar-refractivity contribution in [1.82, 2.24) is 14.6 Å². The highest BCUT2D eigenvalue weighted by Crippen LogP contribution is 2.58. The zero-order valence-electron chi connectivity index (χ0n) is 34.0. The number of pyridine rings is 1. The first-order chi connectivity index (χ1) is 26.4. The van der Waals surface area contributed by atoms with Crippen molar-refractivity contribution in [1.29, 1.82) is 0 Å². The van der Waals surface area contributed by atoms with Gasteiger partial charge in [0, 0.05) is 24.4 Å². The summed E-state index contributed by atoms with van der Waals surface area (Å²) in [5.41, 5.74) is -2.01. The molecule has 1 N–H and O–H groups in total. The van der Waals surface area contributed by atoms with E-state index in [9.17, 15) is 22.8 Å². The number of hydrogen-bond donors (Lipinski definition) is 1. The van der Waals surface area contributed by atoms with E-state index in [4.69, 9.17) is 14.2 Å². The number of ketones is 1. The number of esters is 1. The van der Waals surface area contributed by atoms with E-state index in [0.29, 0.717) is 50.3 Å². The zero-order valence-corrected chi connectivity index (χ0v) is 34.8. The van der Waals surface area contributed by atoms with Crippen molar-refractivity contribution in [2.75, 3.05) is 13.2 Å². The lowest BCUT2D eigenvalue weighted by atomic mass is 9.79. The summed E-state index contributed by atoms with van der Waals surface area (Å²) in [6.07, 6.45) is 8.91. The molecule has 1 saturated heterocycles. The maximum atomic E-state index is 15.0. The highest BCUT2D eigenvalue weighted by Gasteiger charge is 2.62. The van der Waals surface area contributed by atoms with Crippen molar-refractivity contribution in [2.45, 2.75) is 135 Å². The summed E-state index contributed by atoms with van der Waals surface area (Å²) in [5.74, 6) is -1.78. The Morgan fingerprint density at radius 2 is 1.84 bits per heavy atom. The summed E-state index contributed by atoms with van der Waals surface area (Å²) < 4.78 is 45.8. The Bertz CT molecular complexity index is 1970. The lowest BCUT2D eigenvalue weighted by Crippen LogP contribution is -2.48. The van der Waals surface area contributed by atoms with Crippen LogP contribution in [-0.2, 0) is 33.9 Å². The van der Waals surface area contributed by atoms with Crippen molar-refractivity contribution in [3.8, 4) is 11.6 Å². The average Bonchev–Trinajstić information content (AvgIpc) is 4.00. The maximum absolute atomic E-state index is 15.0. The lowest BCUT2D eigenvalue weighted by molar-refractivity contribution is -0.160. The van der Waals surface area contributed by atoms with Crippen LogP contribution in [0.4, 0.5) is 0 Å². The Morgan fingerprint density at radius 1 is 1.09 bits per heavy atom. The molecule has 2 aliphatic heterocycles. The van der Waals surface area contributed by atoms with Gasteiger partial charge in [-0.1, -0.05) is 32.4 Å². The minimum atomic E-state index is -3.95. The van der Waals surface area contributed by atoms with Crippen LogP contribution in [0.15, 0.2) is 42.6 Å². The van der Waals surface area contributed by atoms with Gasteiger partial charge in [0.25, 0.3) is 0 Å². The van der Waals surface area contributed by atoms with Gasteiger partial charge in [-0.25, -0.2) is 13.4 Å². The molecule has 1 aromatic heterocycles. The monoisotopic (exact) mass is 793 g/mol. The molecule has 3 fully saturated rings. The highest BCUT2D eigenvalue weighted by molar-refractivity contribution is 7.91. The van der Waals surface area contributed by atoms with Crippen LogP contribution in [0.25, 0.3) is 10.8 Å². The Labute approximate surface area is 331 Å². The Morgan fingerprint density at radius 3 is 2.52 bits per heavy atom. The average molecular weight is 794 g/mol. The van der Waals surface area contributed by atoms with Gasteiger partial charge in [0.15, 0.2) is 5.78 Å². The molecule has 0 radical (unpaired) electrons. The molecule has 13 heteroatoms. The smallest absolute Gasteiger partial charge is 0.307 e. The van der Waals surface area contributed by atoms with Crippen LogP contribution in [0.1, 0.15) is 113 Å². The number of ether oxygens (including phenoxy) is 3. The number of nitrogens with one attached hydrogen (secondary N) is 1. The second-order valence-electron chi connectivity index (χ2n) is 17.8. The van der Waals surface area contributed by atoms with Crippen LogP contribution in [-0.4, -0.2) is 77.5 Å². The fourth-order valence-electron chi connectivity index (χ4n) is 8.54. The van der Waals surface area contributed by atoms with Crippen LogP contribution < -0.4 is 14.2 Å². The molecule has 2 aliphatic carbocycles. The Balaban J connectivity index is 1.36. The number of sulfonamides is 1. The van der Waals surface area contributed by atoms with Gasteiger partial charge in [-0.2, -0.15) is 0 Å². The quantitative estimate of drug-likeness (QED) is 0.203. The van der Waals surface area contributed by atoms with E-state index < -0.39 is 55.7 Å². The summed E-state index contributed by atoms with van der Waals surface area (Å²) in [5, 5.41) is 1.60. The van der Waals surface area contributed by atoms with Gasteiger partial charge in [-0.3, -0.25) is 23.9 Å². The van der Waals surface area contributed by atoms with Gasteiger partial charge in [-0.15, -0.1) is 0 Å². The predicted octanol–water partition coefficient (Wildman–Crippen LogP) is 6.70. The molecular weight excluding hydrogens is 735 g/mol. The number of hydrogen-bond acceptors (Lipinski definition) is 10. The van der Waals surface area contributed by atoms with Crippen LogP contribution in [0.2, 0.25) is 0 Å². The molecule has 2 saturated carbocycles. The Kier molecular flexibility index (Phi) is 12.0. The molecule has 12 nitrogen and oxygen atoms in total. The molecule has 0 unspecified atom stereocenters. The normalized spacial score (nSPS) is 29.9. The van der Waals surface area contributed by atoms with Gasteiger partial charge >= 0.3 is 5.97 Å². The minimum Gasteiger partial charge on any atom is -0.494 e. The molecule has 56 heavy (non-hydrogen) atoms. The molecular formula is C43H59N3O9S. The third-order valence-electron chi connectivity index (χ3n) is 12.2. The first-order valence-electron chi connectivity index (χ1n) is 20.4. The summed E-state index contributed by atoms with van der Waals surface area (Å²) in [4.78, 5) is 63.3. The molecule has 0 bridgehead atoms. The van der Waals surface area contributed by atoms with Crippen LogP contribution in [0, 0.1) is 29.1 Å². The van der Waals surface area contributed by atoms with E-state index in [2.05, 4.69) is 16.6 Å². The van der Waals surface area contributed by atoms with E-state index in [1.54, 1.807) is 38.8 Å². The molecule has 7 atom stereocenters. The van der Waals surface area contributed by atoms with E-state index >= 15 is 4.79 Å². The number of Topliss-reactive ketones (excluding diaryl/α,β-unsaturated/α-hetero) is 1. The third kappa shape index (κ3) is 9.08. The van der Waals surface area contributed by atoms with Gasteiger partial charge in [0.1, 0.15) is 17.5 Å². The van der Waals surface area contributed by atoms with E-state index in [0.717, 1.165) is 23.6 Å². The number of benzene rings is 1. The number of rotatable bonds is 10. The molecule has 2 amide bonds. The molecule has 306 valence electrons. The molecule has 4 aliphatic rings. The first-order valence-corrected chi connectivity index (χ1v) is 21.8. The van der Waals surface area contributed by atoms with Crippen molar-refractivity contribution >= 4 is 44.4 Å². The second-order valence-corrected chi connectivity index (χ2v) is 20.0. The van der Waals surface area contributed by atoms with E-state index in [1.165, 1.54) is 0 Å². The predicted molar refractivity (Wildman–Crippen MR) is 212 cm³/mol. The van der Waals surface area contributed by atoms with Crippen LogP contribution in [0.3, 0.4) is 0 Å². The number of fused-ring (bicyclic) bond motifs is 3. The summed E-state index contributed by atoms with van der Waals surface area (Å²) >= 11 is 0. The summed E-state index contributed by atoms with van der Waals surface area (Å²) in [6, 6.07) is 6.50. The largest absolute Gasteiger partial charge is 0.494 e. The van der Waals surface area contributed by atoms with E-state index in [1.807, 2.05) is 50.3 Å². The second kappa shape index (κ2) is 16.1. The molecule has 6 rings (SSSR count). The molecule has 2 aromatic rings. The number of aromatic nitrogens is 1. The van der Waals surface area contributed by atoms with Gasteiger partial charge in [-0.05, 0) is 121 Å². The summed E-state index contributed by atoms with van der Waals surface area (Å²) in [7, 11) is -3.95. The van der Waals surface area contributed by atoms with Crippen LogP contribution >= 0.6 is 0 Å². The van der Waals surface area contributed by atoms with Crippen molar-refractivity contribution < 1.29 is 41.8 Å². The third-order valence-corrected chi connectivity index (χ3v) is 14.4. The maximum Gasteiger partial charge on any atom is 0.307 e. The zero-order chi connectivity index (χ0) is 40.6. The first kappa shape index (κ1) is 41.6. The molecule has 0 spiro atoms. The molecule has 1 aromatic carbocycles. The Hall–Kier alpha value is -4.00. The van der Waals surface area contributed by atoms with Crippen molar-refractivity contribution in [2.24, 2.45) is 29.1 Å². The number of nitrogens with zero attached hydrogens (tertiary/aromatic N) is 2. The SMILES string of the molecule is CCOc1ccc2c(O[C@@H]3C[C@H]4C(=O)C[C@]5(C(=O)NS(=O)(=O)C6(C)CC6)C[C@H]5/C=C\CC[C@@H](C)C[C@@H](CC)[C@H](CC(=O)OC(C)(C)C)C(=O)N4C3)nccc2c1. The van der Waals surface area contributed by atoms with Gasteiger partial charge < -0.3 is 19.1 Å². The number of amides is 2. The minimum absolute atomic E-state index is 0.0659. The number of carbonyl (C=O) groups is 4. The fourth-order valence-corrected chi connectivity index (χ4v) is 9.87. The van der Waals surface area contributed by atoms with Gasteiger partial charge in [0.05, 0.1) is 41.7 Å².